The van der Waals surface area contributed by atoms with E-state index in [0.717, 1.165) is 31.6 Å². The van der Waals surface area contributed by atoms with E-state index in [1.165, 1.54) is 5.69 Å². The molecule has 0 aliphatic carbocycles. The van der Waals surface area contributed by atoms with E-state index >= 15 is 0 Å². The summed E-state index contributed by atoms with van der Waals surface area (Å²) in [4.78, 5) is 16.4. The second kappa shape index (κ2) is 8.74. The van der Waals surface area contributed by atoms with Gasteiger partial charge in [-0.15, -0.1) is 0 Å². The van der Waals surface area contributed by atoms with Gasteiger partial charge < -0.3 is 15.4 Å². The number of ether oxygens (including phenoxy) is 1. The second-order valence-electron chi connectivity index (χ2n) is 5.42. The third-order valence-electron chi connectivity index (χ3n) is 3.82. The van der Waals surface area contributed by atoms with Crippen molar-refractivity contribution in [3.63, 3.8) is 0 Å². The molecular formula is C16H25N3O2. The van der Waals surface area contributed by atoms with Crippen LogP contribution in [0, 0.1) is 0 Å². The van der Waals surface area contributed by atoms with Crippen molar-refractivity contribution in [3.8, 4) is 0 Å². The number of carbonyl (C=O) groups is 1. The third kappa shape index (κ3) is 5.44. The summed E-state index contributed by atoms with van der Waals surface area (Å²) in [6, 6.07) is 6.17. The van der Waals surface area contributed by atoms with Crippen LogP contribution >= 0.6 is 0 Å². The van der Waals surface area contributed by atoms with Crippen LogP contribution in [0.25, 0.3) is 0 Å². The first-order valence-corrected chi connectivity index (χ1v) is 7.72. The Hall–Kier alpha value is -1.46. The van der Waals surface area contributed by atoms with Crippen molar-refractivity contribution in [1.82, 2.24) is 15.6 Å². The van der Waals surface area contributed by atoms with Crippen LogP contribution < -0.4 is 10.6 Å². The minimum absolute atomic E-state index is 0.0566. The minimum atomic E-state index is 0.0566. The molecule has 1 amide bonds. The monoisotopic (exact) mass is 291 g/mol. The number of rotatable bonds is 7. The number of hydrogen-bond donors (Lipinski definition) is 2. The quantitative estimate of drug-likeness (QED) is 0.742. The van der Waals surface area contributed by atoms with Crippen LogP contribution in [0.3, 0.4) is 0 Å². The lowest BCUT2D eigenvalue weighted by molar-refractivity contribution is -0.121. The molecule has 0 bridgehead atoms. The molecule has 2 N–H and O–H groups in total. The zero-order chi connectivity index (χ0) is 14.9. The minimum Gasteiger partial charge on any atom is -0.383 e. The molecule has 1 aromatic heterocycles. The summed E-state index contributed by atoms with van der Waals surface area (Å²) >= 11 is 0. The van der Waals surface area contributed by atoms with E-state index in [1.807, 2.05) is 6.07 Å². The fraction of sp³-hybridized carbons (Fsp3) is 0.625. The molecule has 2 rings (SSSR count). The number of nitrogens with one attached hydrogen (secondary N) is 2. The van der Waals surface area contributed by atoms with Gasteiger partial charge in [0, 0.05) is 37.4 Å². The number of hydrogen-bond acceptors (Lipinski definition) is 4. The van der Waals surface area contributed by atoms with Crippen molar-refractivity contribution in [2.24, 2.45) is 0 Å². The van der Waals surface area contributed by atoms with Crippen molar-refractivity contribution in [2.45, 2.75) is 31.6 Å². The van der Waals surface area contributed by atoms with Crippen LogP contribution in [0.2, 0.25) is 0 Å². The first-order valence-electron chi connectivity index (χ1n) is 7.72. The van der Waals surface area contributed by atoms with Crippen LogP contribution in [0.5, 0.6) is 0 Å². The number of aromatic nitrogens is 1. The van der Waals surface area contributed by atoms with Crippen molar-refractivity contribution in [1.29, 1.82) is 0 Å². The smallest absolute Gasteiger partial charge is 0.220 e. The van der Waals surface area contributed by atoms with Crippen LogP contribution in [0.15, 0.2) is 18.2 Å². The van der Waals surface area contributed by atoms with Crippen LogP contribution in [0.4, 0.5) is 0 Å². The molecule has 1 aromatic rings. The first-order chi connectivity index (χ1) is 10.3. The molecule has 1 saturated heterocycles. The Morgan fingerprint density at radius 1 is 1.43 bits per heavy atom. The number of carbonyl (C=O) groups excluding carboxylic acids is 1. The van der Waals surface area contributed by atoms with Crippen LogP contribution in [-0.4, -0.2) is 44.2 Å². The fourth-order valence-corrected chi connectivity index (χ4v) is 2.60. The lowest BCUT2D eigenvalue weighted by atomic mass is 9.94. The Morgan fingerprint density at radius 3 is 3.00 bits per heavy atom. The standard InChI is InChI=1S/C16H25N3O2/c1-21-12-11-18-16(20)6-5-14-3-2-4-15(19-14)13-7-9-17-10-8-13/h2-4,13,17H,5-12H2,1H3,(H,18,20). The summed E-state index contributed by atoms with van der Waals surface area (Å²) in [5.74, 6) is 0.614. The van der Waals surface area contributed by atoms with Crippen LogP contribution in [-0.2, 0) is 16.0 Å². The van der Waals surface area contributed by atoms with Gasteiger partial charge in [-0.2, -0.15) is 0 Å². The Kier molecular flexibility index (Phi) is 6.63. The van der Waals surface area contributed by atoms with E-state index in [0.29, 0.717) is 31.9 Å². The molecule has 5 nitrogen and oxygen atoms in total. The Bertz CT molecular complexity index is 445. The highest BCUT2D eigenvalue weighted by atomic mass is 16.5. The maximum Gasteiger partial charge on any atom is 0.220 e. The largest absolute Gasteiger partial charge is 0.383 e. The molecule has 0 spiro atoms. The second-order valence-corrected chi connectivity index (χ2v) is 5.42. The highest BCUT2D eigenvalue weighted by Crippen LogP contribution is 2.23. The van der Waals surface area contributed by atoms with Gasteiger partial charge in [-0.1, -0.05) is 6.07 Å². The van der Waals surface area contributed by atoms with Crippen molar-refractivity contribution in [3.05, 3.63) is 29.6 Å². The summed E-state index contributed by atoms with van der Waals surface area (Å²) in [5.41, 5.74) is 2.18. The lowest BCUT2D eigenvalue weighted by Crippen LogP contribution is -2.27. The van der Waals surface area contributed by atoms with E-state index in [4.69, 9.17) is 9.72 Å². The summed E-state index contributed by atoms with van der Waals surface area (Å²) in [7, 11) is 1.63. The van der Waals surface area contributed by atoms with E-state index in [1.54, 1.807) is 7.11 Å². The van der Waals surface area contributed by atoms with Gasteiger partial charge in [0.25, 0.3) is 0 Å². The number of pyridine rings is 1. The molecule has 0 aromatic carbocycles. The molecule has 0 atom stereocenters. The Labute approximate surface area is 126 Å². The number of nitrogens with zero attached hydrogens (tertiary/aromatic N) is 1. The van der Waals surface area contributed by atoms with Crippen molar-refractivity contribution >= 4 is 5.91 Å². The predicted molar refractivity (Wildman–Crippen MR) is 82.3 cm³/mol. The molecule has 21 heavy (non-hydrogen) atoms. The topological polar surface area (TPSA) is 63.2 Å². The van der Waals surface area contributed by atoms with Gasteiger partial charge in [0.05, 0.1) is 6.61 Å². The summed E-state index contributed by atoms with van der Waals surface area (Å²) in [6.45, 7) is 3.25. The first kappa shape index (κ1) is 15.9. The Balaban J connectivity index is 1.81. The lowest BCUT2D eigenvalue weighted by Gasteiger charge is -2.22. The molecule has 0 unspecified atom stereocenters. The molecule has 0 radical (unpaired) electrons. The number of amides is 1. The average molecular weight is 291 g/mol. The van der Waals surface area contributed by atoms with E-state index < -0.39 is 0 Å². The van der Waals surface area contributed by atoms with Gasteiger partial charge in [0.2, 0.25) is 5.91 Å². The van der Waals surface area contributed by atoms with Gasteiger partial charge in [-0.25, -0.2) is 0 Å². The van der Waals surface area contributed by atoms with E-state index in [-0.39, 0.29) is 5.91 Å². The van der Waals surface area contributed by atoms with Gasteiger partial charge in [-0.05, 0) is 44.5 Å². The van der Waals surface area contributed by atoms with Gasteiger partial charge >= 0.3 is 0 Å². The van der Waals surface area contributed by atoms with Crippen molar-refractivity contribution in [2.75, 3.05) is 33.4 Å². The van der Waals surface area contributed by atoms with Gasteiger partial charge in [0.1, 0.15) is 0 Å². The van der Waals surface area contributed by atoms with Crippen molar-refractivity contribution < 1.29 is 9.53 Å². The molecule has 2 heterocycles. The molecule has 5 heteroatoms. The number of methoxy groups -OCH3 is 1. The van der Waals surface area contributed by atoms with E-state index in [9.17, 15) is 4.79 Å². The molecule has 1 aliphatic heterocycles. The maximum absolute atomic E-state index is 11.7. The highest BCUT2D eigenvalue weighted by molar-refractivity contribution is 5.76. The molecular weight excluding hydrogens is 266 g/mol. The number of piperidine rings is 1. The predicted octanol–water partition coefficient (Wildman–Crippen LogP) is 1.24. The molecule has 116 valence electrons. The van der Waals surface area contributed by atoms with Gasteiger partial charge in [0.15, 0.2) is 0 Å². The molecule has 1 aliphatic rings. The summed E-state index contributed by atoms with van der Waals surface area (Å²) in [6.07, 6.45) is 3.46. The zero-order valence-corrected chi connectivity index (χ0v) is 12.7. The average Bonchev–Trinajstić information content (AvgIpc) is 2.54. The number of aryl methyl sites for hydroxylation is 1. The third-order valence-corrected chi connectivity index (χ3v) is 3.82. The normalized spacial score (nSPS) is 15.9. The SMILES string of the molecule is COCCNC(=O)CCc1cccc(C2CCNCC2)n1. The molecule has 1 fully saturated rings. The fourth-order valence-electron chi connectivity index (χ4n) is 2.60. The summed E-state index contributed by atoms with van der Waals surface area (Å²) < 4.78 is 4.91. The zero-order valence-electron chi connectivity index (χ0n) is 12.7. The van der Waals surface area contributed by atoms with E-state index in [2.05, 4.69) is 22.8 Å². The van der Waals surface area contributed by atoms with Crippen LogP contribution in [0.1, 0.15) is 36.6 Å². The molecule has 0 saturated carbocycles. The van der Waals surface area contributed by atoms with Gasteiger partial charge in [-0.3, -0.25) is 9.78 Å². The summed E-state index contributed by atoms with van der Waals surface area (Å²) in [5, 5.41) is 6.20. The maximum atomic E-state index is 11.7. The highest BCUT2D eigenvalue weighted by Gasteiger charge is 2.16. The Morgan fingerprint density at radius 2 is 2.24 bits per heavy atom.